The first-order valence-electron chi connectivity index (χ1n) is 14.8. The summed E-state index contributed by atoms with van der Waals surface area (Å²) in [5.41, 5.74) is 3.70. The summed E-state index contributed by atoms with van der Waals surface area (Å²) in [6.07, 6.45) is 1.81. The Morgan fingerprint density at radius 1 is 0.651 bits per heavy atom. The van der Waals surface area contributed by atoms with Gasteiger partial charge >= 0.3 is 5.97 Å². The van der Waals surface area contributed by atoms with Gasteiger partial charge < -0.3 is 23.2 Å². The standard InChI is InChI=1S/C37H46N2O4/c1-8-41-37(40)32-20-16-31(17-21-32)19-23-34-29-35(42-26-12-24-38(2,3)4)33(22-18-30-14-10-9-11-15-30)28-36(34)43-27-13-25-39(5,6)7/h9-11,14-17,20-21,28-29H,8,12-13,24-27H2,1-7H3/q+2. The maximum absolute atomic E-state index is 12.0. The van der Waals surface area contributed by atoms with Crippen molar-refractivity contribution in [1.82, 2.24) is 0 Å². The normalized spacial score (nSPS) is 11.0. The van der Waals surface area contributed by atoms with Crippen molar-refractivity contribution >= 4 is 5.97 Å². The average molecular weight is 583 g/mol. The zero-order valence-electron chi connectivity index (χ0n) is 26.8. The van der Waals surface area contributed by atoms with Gasteiger partial charge in [-0.25, -0.2) is 4.79 Å². The van der Waals surface area contributed by atoms with E-state index in [1.807, 2.05) is 54.6 Å². The number of esters is 1. The zero-order valence-corrected chi connectivity index (χ0v) is 26.8. The van der Waals surface area contributed by atoms with Crippen LogP contribution in [-0.2, 0) is 4.74 Å². The first kappa shape index (κ1) is 33.3. The quantitative estimate of drug-likeness (QED) is 0.121. The molecule has 0 amide bonds. The highest BCUT2D eigenvalue weighted by Gasteiger charge is 2.14. The third-order valence-electron chi connectivity index (χ3n) is 6.40. The highest BCUT2D eigenvalue weighted by Crippen LogP contribution is 2.29. The van der Waals surface area contributed by atoms with E-state index in [2.05, 4.69) is 66.0 Å². The van der Waals surface area contributed by atoms with Gasteiger partial charge in [-0.05, 0) is 43.3 Å². The molecule has 0 N–H and O–H groups in total. The fourth-order valence-electron chi connectivity index (χ4n) is 4.14. The summed E-state index contributed by atoms with van der Waals surface area (Å²) in [7, 11) is 13.0. The van der Waals surface area contributed by atoms with E-state index in [4.69, 9.17) is 14.2 Å². The average Bonchev–Trinajstić information content (AvgIpc) is 2.96. The molecule has 0 unspecified atom stereocenters. The molecule has 6 heteroatoms. The summed E-state index contributed by atoms with van der Waals surface area (Å²) >= 11 is 0. The molecule has 0 fully saturated rings. The van der Waals surface area contributed by atoms with Gasteiger partial charge in [0.25, 0.3) is 0 Å². The lowest BCUT2D eigenvalue weighted by molar-refractivity contribution is -0.870. The summed E-state index contributed by atoms with van der Waals surface area (Å²) in [6, 6.07) is 20.9. The van der Waals surface area contributed by atoms with Crippen LogP contribution in [0.25, 0.3) is 0 Å². The molecule has 0 radical (unpaired) electrons. The molecule has 0 saturated carbocycles. The molecule has 0 spiro atoms. The van der Waals surface area contributed by atoms with Gasteiger partial charge in [0.05, 0.1) is 91.9 Å². The molecule has 0 bridgehead atoms. The van der Waals surface area contributed by atoms with Crippen LogP contribution in [0.5, 0.6) is 11.5 Å². The third-order valence-corrected chi connectivity index (χ3v) is 6.40. The molecule has 3 rings (SSSR count). The second-order valence-electron chi connectivity index (χ2n) is 12.4. The first-order valence-corrected chi connectivity index (χ1v) is 14.8. The van der Waals surface area contributed by atoms with Gasteiger partial charge in [0.2, 0.25) is 0 Å². The molecule has 6 nitrogen and oxygen atoms in total. The predicted octanol–water partition coefficient (Wildman–Crippen LogP) is 5.61. The number of carbonyl (C=O) groups excluding carboxylic acids is 1. The summed E-state index contributed by atoms with van der Waals surface area (Å²) in [4.78, 5) is 12.0. The molecule has 0 heterocycles. The van der Waals surface area contributed by atoms with E-state index in [1.165, 1.54) is 0 Å². The van der Waals surface area contributed by atoms with Crippen LogP contribution in [0.3, 0.4) is 0 Å². The molecule has 43 heavy (non-hydrogen) atoms. The largest absolute Gasteiger partial charge is 0.492 e. The fourth-order valence-corrected chi connectivity index (χ4v) is 4.14. The number of nitrogens with zero attached hydrogens (tertiary/aromatic N) is 2. The Balaban J connectivity index is 1.97. The molecular formula is C37H46N2O4+2. The van der Waals surface area contributed by atoms with Crippen molar-refractivity contribution in [3.63, 3.8) is 0 Å². The summed E-state index contributed by atoms with van der Waals surface area (Å²) in [5, 5.41) is 0. The van der Waals surface area contributed by atoms with Crippen molar-refractivity contribution < 1.29 is 28.0 Å². The van der Waals surface area contributed by atoms with Crippen LogP contribution in [-0.4, -0.2) is 90.1 Å². The summed E-state index contributed by atoms with van der Waals surface area (Å²) in [6.45, 7) is 5.24. The van der Waals surface area contributed by atoms with Crippen LogP contribution < -0.4 is 9.47 Å². The van der Waals surface area contributed by atoms with E-state index in [9.17, 15) is 4.79 Å². The summed E-state index contributed by atoms with van der Waals surface area (Å²) < 4.78 is 19.5. The van der Waals surface area contributed by atoms with Crippen molar-refractivity contribution in [1.29, 1.82) is 0 Å². The topological polar surface area (TPSA) is 44.8 Å². The van der Waals surface area contributed by atoms with E-state index in [0.29, 0.717) is 36.9 Å². The Hall–Kier alpha value is -4.23. The van der Waals surface area contributed by atoms with Crippen molar-refractivity contribution in [3.05, 3.63) is 94.5 Å². The molecule has 0 saturated heterocycles. The molecule has 0 aliphatic carbocycles. The minimum atomic E-state index is -0.342. The minimum Gasteiger partial charge on any atom is -0.492 e. The zero-order chi connectivity index (χ0) is 31.3. The van der Waals surface area contributed by atoms with Crippen LogP contribution in [0, 0.1) is 23.7 Å². The van der Waals surface area contributed by atoms with Gasteiger partial charge in [-0.15, -0.1) is 0 Å². The molecule has 3 aromatic rings. The Labute approximate surface area is 258 Å². The van der Waals surface area contributed by atoms with E-state index >= 15 is 0 Å². The summed E-state index contributed by atoms with van der Waals surface area (Å²) in [5.74, 6) is 14.1. The SMILES string of the molecule is CCOC(=O)c1ccc(C#Cc2cc(OCCC[N+](C)(C)C)c(C#Cc3ccccc3)cc2OCCC[N+](C)(C)C)cc1. The lowest BCUT2D eigenvalue weighted by Crippen LogP contribution is -2.36. The number of hydrogen-bond donors (Lipinski definition) is 0. The molecule has 0 aliphatic heterocycles. The number of benzene rings is 3. The van der Waals surface area contributed by atoms with Crippen molar-refractivity contribution in [3.8, 4) is 35.2 Å². The number of ether oxygens (including phenoxy) is 3. The van der Waals surface area contributed by atoms with E-state index in [0.717, 1.165) is 57.2 Å². The van der Waals surface area contributed by atoms with Crippen LogP contribution in [0.4, 0.5) is 0 Å². The van der Waals surface area contributed by atoms with Crippen molar-refractivity contribution in [2.45, 2.75) is 19.8 Å². The third kappa shape index (κ3) is 12.3. The van der Waals surface area contributed by atoms with Gasteiger partial charge in [0, 0.05) is 36.1 Å². The van der Waals surface area contributed by atoms with E-state index < -0.39 is 0 Å². The first-order chi connectivity index (χ1) is 20.4. The molecule has 0 aliphatic rings. The smallest absolute Gasteiger partial charge is 0.338 e. The van der Waals surface area contributed by atoms with Gasteiger partial charge in [-0.1, -0.05) is 41.9 Å². The lowest BCUT2D eigenvalue weighted by Gasteiger charge is -2.24. The van der Waals surface area contributed by atoms with Gasteiger partial charge in [-0.3, -0.25) is 0 Å². The maximum atomic E-state index is 12.0. The highest BCUT2D eigenvalue weighted by molar-refractivity contribution is 5.89. The Morgan fingerprint density at radius 3 is 1.56 bits per heavy atom. The van der Waals surface area contributed by atoms with Crippen LogP contribution in [0.1, 0.15) is 52.4 Å². The number of rotatable bonds is 12. The van der Waals surface area contributed by atoms with Crippen molar-refractivity contribution in [2.75, 3.05) is 75.2 Å². The second-order valence-corrected chi connectivity index (χ2v) is 12.4. The molecule has 226 valence electrons. The number of hydrogen-bond acceptors (Lipinski definition) is 4. The minimum absolute atomic E-state index is 0.337. The molecule has 0 aromatic heterocycles. The Kier molecular flexibility index (Phi) is 12.3. The van der Waals surface area contributed by atoms with Gasteiger partial charge in [0.15, 0.2) is 0 Å². The molecule has 0 atom stereocenters. The van der Waals surface area contributed by atoms with E-state index in [-0.39, 0.29) is 5.97 Å². The Morgan fingerprint density at radius 2 is 1.12 bits per heavy atom. The van der Waals surface area contributed by atoms with Gasteiger partial charge in [-0.2, -0.15) is 0 Å². The van der Waals surface area contributed by atoms with Crippen molar-refractivity contribution in [2.24, 2.45) is 0 Å². The second kappa shape index (κ2) is 15.8. The monoisotopic (exact) mass is 582 g/mol. The highest BCUT2D eigenvalue weighted by atomic mass is 16.5. The maximum Gasteiger partial charge on any atom is 0.338 e. The lowest BCUT2D eigenvalue weighted by atomic mass is 10.1. The van der Waals surface area contributed by atoms with Crippen LogP contribution in [0.2, 0.25) is 0 Å². The number of quaternary nitrogens is 2. The van der Waals surface area contributed by atoms with E-state index in [1.54, 1.807) is 19.1 Å². The van der Waals surface area contributed by atoms with Crippen LogP contribution in [0.15, 0.2) is 66.7 Å². The van der Waals surface area contributed by atoms with Crippen LogP contribution >= 0.6 is 0 Å². The Bertz CT molecular complexity index is 1460. The predicted molar refractivity (Wildman–Crippen MR) is 173 cm³/mol. The molecule has 3 aromatic carbocycles. The molecular weight excluding hydrogens is 536 g/mol. The number of carbonyl (C=O) groups is 1. The fraction of sp³-hybridized carbons (Fsp3) is 0.378. The van der Waals surface area contributed by atoms with Gasteiger partial charge in [0.1, 0.15) is 11.5 Å².